The number of carboxylic acids is 1. The molecule has 0 aliphatic heterocycles. The van der Waals surface area contributed by atoms with Gasteiger partial charge in [-0.1, -0.05) is 6.07 Å². The lowest BCUT2D eigenvalue weighted by atomic mass is 10.1. The maximum atomic E-state index is 13.4. The zero-order valence-corrected chi connectivity index (χ0v) is 10.1. The van der Waals surface area contributed by atoms with E-state index in [1.54, 1.807) is 12.1 Å². The number of carbonyl (C=O) groups is 1. The Bertz CT molecular complexity index is 446. The van der Waals surface area contributed by atoms with Crippen LogP contribution < -0.4 is 0 Å². The Morgan fingerprint density at radius 2 is 2.22 bits per heavy atom. The summed E-state index contributed by atoms with van der Waals surface area (Å²) in [6.45, 7) is 1.15. The van der Waals surface area contributed by atoms with E-state index in [-0.39, 0.29) is 12.2 Å². The molecule has 0 aliphatic rings. The zero-order chi connectivity index (χ0) is 13.5. The van der Waals surface area contributed by atoms with Crippen LogP contribution in [-0.2, 0) is 11.3 Å². The third kappa shape index (κ3) is 4.65. The molecule has 1 rings (SSSR count). The van der Waals surface area contributed by atoms with Crippen molar-refractivity contribution in [3.63, 3.8) is 0 Å². The van der Waals surface area contributed by atoms with Crippen LogP contribution in [0.1, 0.15) is 11.1 Å². The molecule has 1 aromatic carbocycles. The number of likely N-dealkylation sites (N-methyl/N-ethyl adjacent to an activating group) is 1. The summed E-state index contributed by atoms with van der Waals surface area (Å²) < 4.78 is 13.4. The number of aliphatic hydroxyl groups is 1. The molecule has 0 unspecified atom stereocenters. The van der Waals surface area contributed by atoms with Crippen molar-refractivity contribution in [1.82, 2.24) is 4.90 Å². The van der Waals surface area contributed by atoms with E-state index in [1.165, 1.54) is 12.1 Å². The Morgan fingerprint density at radius 3 is 2.83 bits per heavy atom. The fourth-order valence-corrected chi connectivity index (χ4v) is 1.54. The number of benzene rings is 1. The van der Waals surface area contributed by atoms with Crippen LogP contribution >= 0.6 is 0 Å². The Balaban J connectivity index is 2.83. The van der Waals surface area contributed by atoms with Crippen LogP contribution in [0, 0.1) is 5.82 Å². The van der Waals surface area contributed by atoms with Gasteiger partial charge in [-0.2, -0.15) is 0 Å². The Labute approximate surface area is 105 Å². The van der Waals surface area contributed by atoms with Crippen LogP contribution in [0.2, 0.25) is 0 Å². The quantitative estimate of drug-likeness (QED) is 0.751. The molecular weight excluding hydrogens is 237 g/mol. The van der Waals surface area contributed by atoms with E-state index in [2.05, 4.69) is 0 Å². The summed E-state index contributed by atoms with van der Waals surface area (Å²) in [5.41, 5.74) is 1.10. The van der Waals surface area contributed by atoms with Gasteiger partial charge in [-0.25, -0.2) is 9.18 Å². The molecule has 0 fully saturated rings. The van der Waals surface area contributed by atoms with Crippen molar-refractivity contribution in [3.8, 4) is 0 Å². The summed E-state index contributed by atoms with van der Waals surface area (Å²) >= 11 is 0. The molecule has 0 aliphatic carbocycles. The fourth-order valence-electron chi connectivity index (χ4n) is 1.54. The SMILES string of the molecule is CN(CCO)Cc1ccc(F)c(C=CC(=O)O)c1. The van der Waals surface area contributed by atoms with Crippen molar-refractivity contribution in [2.24, 2.45) is 0 Å². The molecule has 0 spiro atoms. The van der Waals surface area contributed by atoms with Gasteiger partial charge >= 0.3 is 5.97 Å². The number of hydrogen-bond acceptors (Lipinski definition) is 3. The normalized spacial score (nSPS) is 11.3. The van der Waals surface area contributed by atoms with Crippen LogP contribution in [0.15, 0.2) is 24.3 Å². The van der Waals surface area contributed by atoms with Gasteiger partial charge in [-0.3, -0.25) is 4.90 Å². The van der Waals surface area contributed by atoms with Crippen LogP contribution in [0.3, 0.4) is 0 Å². The summed E-state index contributed by atoms with van der Waals surface area (Å²) in [4.78, 5) is 12.3. The predicted octanol–water partition coefficient (Wildman–Crippen LogP) is 1.35. The van der Waals surface area contributed by atoms with Crippen LogP contribution in [0.5, 0.6) is 0 Å². The topological polar surface area (TPSA) is 60.8 Å². The number of hydrogen-bond donors (Lipinski definition) is 2. The highest BCUT2D eigenvalue weighted by molar-refractivity contribution is 5.85. The van der Waals surface area contributed by atoms with Gasteiger partial charge in [-0.15, -0.1) is 0 Å². The summed E-state index contributed by atoms with van der Waals surface area (Å²) in [7, 11) is 1.84. The summed E-state index contributed by atoms with van der Waals surface area (Å²) in [5, 5.41) is 17.3. The van der Waals surface area contributed by atoms with Gasteiger partial charge in [0.25, 0.3) is 0 Å². The van der Waals surface area contributed by atoms with Gasteiger partial charge in [0.2, 0.25) is 0 Å². The highest BCUT2D eigenvalue weighted by Crippen LogP contribution is 2.13. The molecule has 18 heavy (non-hydrogen) atoms. The van der Waals surface area contributed by atoms with E-state index < -0.39 is 11.8 Å². The lowest BCUT2D eigenvalue weighted by Crippen LogP contribution is -2.21. The molecule has 0 amide bonds. The third-order valence-corrected chi connectivity index (χ3v) is 2.40. The first-order valence-electron chi connectivity index (χ1n) is 5.51. The lowest BCUT2D eigenvalue weighted by molar-refractivity contribution is -0.131. The minimum absolute atomic E-state index is 0.0590. The van der Waals surface area contributed by atoms with E-state index in [4.69, 9.17) is 10.2 Å². The molecular formula is C13H16FNO3. The Hall–Kier alpha value is -1.72. The molecule has 0 heterocycles. The molecule has 0 atom stereocenters. The van der Waals surface area contributed by atoms with Gasteiger partial charge in [0.05, 0.1) is 6.61 Å². The third-order valence-electron chi connectivity index (χ3n) is 2.40. The molecule has 0 saturated heterocycles. The number of aliphatic carboxylic acids is 1. The zero-order valence-electron chi connectivity index (χ0n) is 10.1. The largest absolute Gasteiger partial charge is 0.478 e. The molecule has 5 heteroatoms. The Morgan fingerprint density at radius 1 is 1.50 bits per heavy atom. The van der Waals surface area contributed by atoms with Crippen molar-refractivity contribution in [2.75, 3.05) is 20.2 Å². The van der Waals surface area contributed by atoms with Gasteiger partial charge in [0, 0.05) is 24.7 Å². The van der Waals surface area contributed by atoms with Gasteiger partial charge in [-0.05, 0) is 30.8 Å². The van der Waals surface area contributed by atoms with Crippen molar-refractivity contribution in [2.45, 2.75) is 6.54 Å². The van der Waals surface area contributed by atoms with E-state index in [0.717, 1.165) is 11.6 Å². The van der Waals surface area contributed by atoms with Gasteiger partial charge < -0.3 is 10.2 Å². The van der Waals surface area contributed by atoms with E-state index in [1.807, 2.05) is 11.9 Å². The van der Waals surface area contributed by atoms with Crippen molar-refractivity contribution in [1.29, 1.82) is 0 Å². The first-order chi connectivity index (χ1) is 8.52. The van der Waals surface area contributed by atoms with Gasteiger partial charge in [0.15, 0.2) is 0 Å². The highest BCUT2D eigenvalue weighted by Gasteiger charge is 2.04. The minimum Gasteiger partial charge on any atom is -0.478 e. The molecule has 0 saturated carbocycles. The molecule has 0 bridgehead atoms. The smallest absolute Gasteiger partial charge is 0.328 e. The maximum absolute atomic E-state index is 13.4. The monoisotopic (exact) mass is 253 g/mol. The van der Waals surface area contributed by atoms with E-state index in [0.29, 0.717) is 13.1 Å². The first-order valence-corrected chi connectivity index (χ1v) is 5.51. The van der Waals surface area contributed by atoms with E-state index >= 15 is 0 Å². The van der Waals surface area contributed by atoms with Gasteiger partial charge in [0.1, 0.15) is 5.82 Å². The second-order valence-corrected chi connectivity index (χ2v) is 3.99. The minimum atomic E-state index is -1.11. The number of rotatable bonds is 6. The average molecular weight is 253 g/mol. The molecule has 98 valence electrons. The maximum Gasteiger partial charge on any atom is 0.328 e. The molecule has 0 aromatic heterocycles. The summed E-state index contributed by atoms with van der Waals surface area (Å²) in [6.07, 6.45) is 2.13. The Kier molecular flexibility index (Phi) is 5.48. The molecule has 0 radical (unpaired) electrons. The highest BCUT2D eigenvalue weighted by atomic mass is 19.1. The fraction of sp³-hybridized carbons (Fsp3) is 0.308. The number of nitrogens with zero attached hydrogens (tertiary/aromatic N) is 1. The summed E-state index contributed by atoms with van der Waals surface area (Å²) in [5.74, 6) is -1.57. The lowest BCUT2D eigenvalue weighted by Gasteiger charge is -2.15. The molecule has 1 aromatic rings. The molecule has 4 nitrogen and oxygen atoms in total. The standard InChI is InChI=1S/C13H16FNO3/c1-15(6-7-16)9-10-2-4-12(14)11(8-10)3-5-13(17)18/h2-5,8,16H,6-7,9H2,1H3,(H,17,18). The van der Waals surface area contributed by atoms with Crippen LogP contribution in [0.4, 0.5) is 4.39 Å². The van der Waals surface area contributed by atoms with Crippen molar-refractivity contribution in [3.05, 3.63) is 41.2 Å². The van der Waals surface area contributed by atoms with Crippen LogP contribution in [-0.4, -0.2) is 41.3 Å². The first kappa shape index (κ1) is 14.3. The average Bonchev–Trinajstić information content (AvgIpc) is 2.30. The molecule has 2 N–H and O–H groups in total. The number of carboxylic acid groups (broad SMARTS) is 1. The van der Waals surface area contributed by atoms with Crippen LogP contribution in [0.25, 0.3) is 6.08 Å². The number of aliphatic hydroxyl groups excluding tert-OH is 1. The van der Waals surface area contributed by atoms with E-state index in [9.17, 15) is 9.18 Å². The van der Waals surface area contributed by atoms with Crippen molar-refractivity contribution < 1.29 is 19.4 Å². The van der Waals surface area contributed by atoms with Crippen molar-refractivity contribution >= 4 is 12.0 Å². The second kappa shape index (κ2) is 6.88. The summed E-state index contributed by atoms with van der Waals surface area (Å²) in [6, 6.07) is 4.55. The second-order valence-electron chi connectivity index (χ2n) is 3.99. The number of halogens is 1. The predicted molar refractivity (Wildman–Crippen MR) is 66.5 cm³/mol.